The van der Waals surface area contributed by atoms with E-state index in [1.807, 2.05) is 18.2 Å². The molecule has 1 fully saturated rings. The molecular formula is C17H26N2O2. The predicted octanol–water partition coefficient (Wildman–Crippen LogP) is 2.72. The molecule has 0 unspecified atom stereocenters. The van der Waals surface area contributed by atoms with Crippen LogP contribution in [0.1, 0.15) is 44.7 Å². The Labute approximate surface area is 127 Å². The molecule has 1 saturated heterocycles. The Hall–Kier alpha value is -1.26. The fraction of sp³-hybridized carbons (Fsp3) is 0.647. The largest absolute Gasteiger partial charge is 0.497 e. The number of nitrogens with zero attached hydrogens (tertiary/aromatic N) is 1. The lowest BCUT2D eigenvalue weighted by atomic mass is 9.80. The summed E-state index contributed by atoms with van der Waals surface area (Å²) >= 11 is 0. The molecular weight excluding hydrogens is 264 g/mol. The van der Waals surface area contributed by atoms with E-state index in [1.165, 1.54) is 0 Å². The van der Waals surface area contributed by atoms with Crippen molar-refractivity contribution in [3.05, 3.63) is 23.8 Å². The first-order chi connectivity index (χ1) is 10.0. The number of methoxy groups -OCH3 is 1. The molecule has 1 aromatic carbocycles. The molecule has 0 bridgehead atoms. The first-order valence-electron chi connectivity index (χ1n) is 7.89. The van der Waals surface area contributed by atoms with E-state index in [-0.39, 0.29) is 11.6 Å². The van der Waals surface area contributed by atoms with Crippen LogP contribution in [0.4, 0.5) is 0 Å². The van der Waals surface area contributed by atoms with Crippen LogP contribution in [0, 0.1) is 0 Å². The normalized spacial score (nSPS) is 24.7. The summed E-state index contributed by atoms with van der Waals surface area (Å²) in [5.74, 6) is 1.74. The summed E-state index contributed by atoms with van der Waals surface area (Å²) in [6.07, 6.45) is 3.02. The molecule has 0 aromatic heterocycles. The summed E-state index contributed by atoms with van der Waals surface area (Å²) < 4.78 is 11.7. The van der Waals surface area contributed by atoms with Crippen LogP contribution in [0.25, 0.3) is 0 Å². The third-order valence-corrected chi connectivity index (χ3v) is 4.98. The minimum atomic E-state index is -0.0931. The van der Waals surface area contributed by atoms with E-state index in [0.29, 0.717) is 6.04 Å². The fourth-order valence-electron chi connectivity index (χ4n) is 3.58. The van der Waals surface area contributed by atoms with Crippen molar-refractivity contribution in [3.63, 3.8) is 0 Å². The lowest BCUT2D eigenvalue weighted by Gasteiger charge is -2.47. The molecule has 116 valence electrons. The quantitative estimate of drug-likeness (QED) is 0.910. The van der Waals surface area contributed by atoms with Crippen molar-refractivity contribution < 1.29 is 9.47 Å². The molecule has 4 nitrogen and oxygen atoms in total. The van der Waals surface area contributed by atoms with Gasteiger partial charge in [-0.1, -0.05) is 6.07 Å². The number of benzene rings is 1. The van der Waals surface area contributed by atoms with Crippen molar-refractivity contribution in [3.8, 4) is 11.5 Å². The highest BCUT2D eigenvalue weighted by molar-refractivity contribution is 5.44. The van der Waals surface area contributed by atoms with Crippen molar-refractivity contribution in [2.45, 2.75) is 50.8 Å². The van der Waals surface area contributed by atoms with Crippen molar-refractivity contribution in [2.75, 3.05) is 20.2 Å². The van der Waals surface area contributed by atoms with Gasteiger partial charge in [0.2, 0.25) is 0 Å². The summed E-state index contributed by atoms with van der Waals surface area (Å²) in [4.78, 5) is 2.52. The minimum absolute atomic E-state index is 0.0604. The topological polar surface area (TPSA) is 47.7 Å². The number of likely N-dealkylation sites (tertiary alicyclic amines) is 1. The minimum Gasteiger partial charge on any atom is -0.497 e. The predicted molar refractivity (Wildman–Crippen MR) is 83.8 cm³/mol. The Morgan fingerprint density at radius 1 is 1.33 bits per heavy atom. The van der Waals surface area contributed by atoms with Gasteiger partial charge in [-0.2, -0.15) is 0 Å². The van der Waals surface area contributed by atoms with Crippen molar-refractivity contribution in [1.29, 1.82) is 0 Å². The molecule has 0 radical (unpaired) electrons. The number of fused-ring (bicyclic) bond motifs is 1. The van der Waals surface area contributed by atoms with Gasteiger partial charge < -0.3 is 20.1 Å². The van der Waals surface area contributed by atoms with Gasteiger partial charge in [-0.3, -0.25) is 0 Å². The zero-order valence-corrected chi connectivity index (χ0v) is 13.3. The van der Waals surface area contributed by atoms with E-state index in [0.717, 1.165) is 49.4 Å². The highest BCUT2D eigenvalue weighted by Crippen LogP contribution is 2.44. The lowest BCUT2D eigenvalue weighted by Crippen LogP contribution is -2.52. The van der Waals surface area contributed by atoms with Gasteiger partial charge in [0.1, 0.15) is 17.1 Å². The molecule has 2 N–H and O–H groups in total. The van der Waals surface area contributed by atoms with E-state index < -0.39 is 0 Å². The van der Waals surface area contributed by atoms with Crippen LogP contribution >= 0.6 is 0 Å². The van der Waals surface area contributed by atoms with Crippen LogP contribution in [-0.4, -0.2) is 36.7 Å². The van der Waals surface area contributed by atoms with Gasteiger partial charge in [0.05, 0.1) is 7.11 Å². The third kappa shape index (κ3) is 2.74. The smallest absolute Gasteiger partial charge is 0.128 e. The number of hydrogen-bond acceptors (Lipinski definition) is 4. The molecule has 1 atom stereocenters. The molecule has 0 amide bonds. The van der Waals surface area contributed by atoms with Crippen molar-refractivity contribution in [2.24, 2.45) is 5.73 Å². The van der Waals surface area contributed by atoms with Gasteiger partial charge in [-0.15, -0.1) is 0 Å². The maximum atomic E-state index is 6.41. The number of ether oxygens (including phenoxy) is 2. The summed E-state index contributed by atoms with van der Waals surface area (Å²) in [5, 5.41) is 0. The van der Waals surface area contributed by atoms with Gasteiger partial charge in [0.15, 0.2) is 0 Å². The lowest BCUT2D eigenvalue weighted by molar-refractivity contribution is -0.0280. The van der Waals surface area contributed by atoms with Gasteiger partial charge >= 0.3 is 0 Å². The second-order valence-electron chi connectivity index (χ2n) is 6.63. The number of piperidine rings is 1. The van der Waals surface area contributed by atoms with Crippen LogP contribution < -0.4 is 15.2 Å². The average Bonchev–Trinajstić information content (AvgIpc) is 2.47. The highest BCUT2D eigenvalue weighted by atomic mass is 16.5. The molecule has 0 aliphatic carbocycles. The molecule has 4 heteroatoms. The van der Waals surface area contributed by atoms with E-state index in [2.05, 4.69) is 18.7 Å². The maximum Gasteiger partial charge on any atom is 0.128 e. The van der Waals surface area contributed by atoms with Gasteiger partial charge in [0, 0.05) is 43.2 Å². The molecule has 1 aromatic rings. The summed E-state index contributed by atoms with van der Waals surface area (Å²) in [6, 6.07) is 6.64. The van der Waals surface area contributed by atoms with E-state index >= 15 is 0 Å². The average molecular weight is 290 g/mol. The molecule has 0 saturated carbocycles. The van der Waals surface area contributed by atoms with E-state index in [9.17, 15) is 0 Å². The van der Waals surface area contributed by atoms with Crippen molar-refractivity contribution >= 4 is 0 Å². The molecule has 2 aliphatic rings. The van der Waals surface area contributed by atoms with Crippen LogP contribution in [0.5, 0.6) is 11.5 Å². The Morgan fingerprint density at radius 3 is 2.67 bits per heavy atom. The van der Waals surface area contributed by atoms with Gasteiger partial charge in [-0.05, 0) is 32.8 Å². The van der Waals surface area contributed by atoms with Crippen LogP contribution in [0.15, 0.2) is 18.2 Å². The summed E-state index contributed by atoms with van der Waals surface area (Å²) in [7, 11) is 1.68. The Balaban J connectivity index is 1.81. The number of rotatable bonds is 2. The second kappa shape index (κ2) is 5.50. The van der Waals surface area contributed by atoms with Crippen molar-refractivity contribution in [1.82, 2.24) is 4.90 Å². The highest BCUT2D eigenvalue weighted by Gasteiger charge is 2.42. The maximum absolute atomic E-state index is 6.41. The first kappa shape index (κ1) is 14.7. The monoisotopic (exact) mass is 290 g/mol. The zero-order valence-electron chi connectivity index (χ0n) is 13.3. The molecule has 21 heavy (non-hydrogen) atoms. The Morgan fingerprint density at radius 2 is 2.05 bits per heavy atom. The Bertz CT molecular complexity index is 508. The number of nitrogens with two attached hydrogens (primary N) is 1. The summed E-state index contributed by atoms with van der Waals surface area (Å²) in [5.41, 5.74) is 7.41. The Kier molecular flexibility index (Phi) is 3.84. The van der Waals surface area contributed by atoms with Crippen LogP contribution in [-0.2, 0) is 0 Å². The summed E-state index contributed by atoms with van der Waals surface area (Å²) in [6.45, 7) is 6.69. The molecule has 2 heterocycles. The standard InChI is InChI=1S/C17H26N2O2/c1-12(2)19-8-6-17(7-9-19)11-15(18)14-5-4-13(20-3)10-16(14)21-17/h4-5,10,12,15H,6-9,11,18H2,1-3H3/t15-/m1/s1. The number of hydrogen-bond donors (Lipinski definition) is 1. The molecule has 2 aliphatic heterocycles. The van der Waals surface area contributed by atoms with Gasteiger partial charge in [0.25, 0.3) is 0 Å². The SMILES string of the molecule is COc1ccc2c(c1)OC1(CCN(C(C)C)CC1)C[C@H]2N. The zero-order chi connectivity index (χ0) is 15.0. The van der Waals surface area contributed by atoms with E-state index in [4.69, 9.17) is 15.2 Å². The first-order valence-corrected chi connectivity index (χ1v) is 7.89. The van der Waals surface area contributed by atoms with E-state index in [1.54, 1.807) is 7.11 Å². The van der Waals surface area contributed by atoms with Gasteiger partial charge in [-0.25, -0.2) is 0 Å². The molecule has 3 rings (SSSR count). The fourth-order valence-corrected chi connectivity index (χ4v) is 3.58. The molecule has 1 spiro atoms. The van der Waals surface area contributed by atoms with Crippen LogP contribution in [0.2, 0.25) is 0 Å². The van der Waals surface area contributed by atoms with Crippen LogP contribution in [0.3, 0.4) is 0 Å². The second-order valence-corrected chi connectivity index (χ2v) is 6.63. The third-order valence-electron chi connectivity index (χ3n) is 4.98.